The topological polar surface area (TPSA) is 35.2 Å². The lowest BCUT2D eigenvalue weighted by Crippen LogP contribution is -2.36. The van der Waals surface area contributed by atoms with Gasteiger partial charge in [-0.2, -0.15) is 0 Å². The smallest absolute Gasteiger partial charge is 0.0469 e. The van der Waals surface area contributed by atoms with E-state index in [9.17, 15) is 0 Å². The van der Waals surface area contributed by atoms with E-state index in [2.05, 4.69) is 6.92 Å². The molecule has 0 aromatic rings. The van der Waals surface area contributed by atoms with Crippen molar-refractivity contribution in [3.8, 4) is 0 Å². The van der Waals surface area contributed by atoms with E-state index < -0.39 is 0 Å². The Labute approximate surface area is 81.8 Å². The Morgan fingerprint density at radius 3 is 2.85 bits per heavy atom. The van der Waals surface area contributed by atoms with Crippen LogP contribution in [0.1, 0.15) is 39.5 Å². The number of hydrogen-bond acceptors (Lipinski definition) is 2. The van der Waals surface area contributed by atoms with Crippen molar-refractivity contribution in [1.29, 1.82) is 0 Å². The highest BCUT2D eigenvalue weighted by atomic mass is 16.5. The third kappa shape index (κ3) is 3.65. The molecule has 1 saturated carbocycles. The van der Waals surface area contributed by atoms with Crippen LogP contribution in [0.15, 0.2) is 0 Å². The zero-order chi connectivity index (χ0) is 9.68. The summed E-state index contributed by atoms with van der Waals surface area (Å²) in [5, 5.41) is 0. The molecule has 0 amide bonds. The molecule has 0 aromatic carbocycles. The fourth-order valence-corrected chi connectivity index (χ4v) is 2.23. The van der Waals surface area contributed by atoms with Crippen LogP contribution in [0.2, 0.25) is 0 Å². The van der Waals surface area contributed by atoms with Crippen LogP contribution in [0.5, 0.6) is 0 Å². The van der Waals surface area contributed by atoms with Gasteiger partial charge in [-0.25, -0.2) is 0 Å². The van der Waals surface area contributed by atoms with Crippen LogP contribution in [-0.2, 0) is 4.74 Å². The van der Waals surface area contributed by atoms with Crippen molar-refractivity contribution < 1.29 is 4.74 Å². The van der Waals surface area contributed by atoms with Gasteiger partial charge in [0.1, 0.15) is 0 Å². The molecule has 0 radical (unpaired) electrons. The molecule has 2 heteroatoms. The lowest BCUT2D eigenvalue weighted by Gasteiger charge is -2.32. The first kappa shape index (κ1) is 11.0. The van der Waals surface area contributed by atoms with E-state index in [1.807, 2.05) is 6.92 Å². The minimum absolute atomic E-state index is 0.427. The molecule has 1 aliphatic carbocycles. The Hall–Kier alpha value is -0.0800. The first-order valence-corrected chi connectivity index (χ1v) is 5.57. The maximum absolute atomic E-state index is 6.07. The number of ether oxygens (including phenoxy) is 1. The average molecular weight is 185 g/mol. The molecule has 13 heavy (non-hydrogen) atoms. The predicted molar refractivity (Wildman–Crippen MR) is 55.6 cm³/mol. The predicted octanol–water partition coefficient (Wildman–Crippen LogP) is 2.18. The summed E-state index contributed by atoms with van der Waals surface area (Å²) >= 11 is 0. The normalized spacial score (nSPS) is 34.8. The monoisotopic (exact) mass is 185 g/mol. The van der Waals surface area contributed by atoms with E-state index in [-0.39, 0.29) is 0 Å². The summed E-state index contributed by atoms with van der Waals surface area (Å²) in [7, 11) is 0. The van der Waals surface area contributed by atoms with Crippen molar-refractivity contribution in [1.82, 2.24) is 0 Å². The van der Waals surface area contributed by atoms with Gasteiger partial charge in [0.2, 0.25) is 0 Å². The second-order valence-corrected chi connectivity index (χ2v) is 4.33. The largest absolute Gasteiger partial charge is 0.382 e. The van der Waals surface area contributed by atoms with Crippen LogP contribution in [0.3, 0.4) is 0 Å². The van der Waals surface area contributed by atoms with Crippen molar-refractivity contribution in [3.05, 3.63) is 0 Å². The van der Waals surface area contributed by atoms with Crippen molar-refractivity contribution in [3.63, 3.8) is 0 Å². The van der Waals surface area contributed by atoms with Crippen molar-refractivity contribution >= 4 is 0 Å². The molecule has 0 heterocycles. The molecule has 1 rings (SSSR count). The Morgan fingerprint density at radius 1 is 1.38 bits per heavy atom. The van der Waals surface area contributed by atoms with Gasteiger partial charge < -0.3 is 10.5 Å². The fraction of sp³-hybridized carbons (Fsp3) is 1.00. The van der Waals surface area contributed by atoms with Gasteiger partial charge in [0.25, 0.3) is 0 Å². The van der Waals surface area contributed by atoms with E-state index in [1.54, 1.807) is 0 Å². The zero-order valence-electron chi connectivity index (χ0n) is 8.96. The van der Waals surface area contributed by atoms with Crippen molar-refractivity contribution in [2.24, 2.45) is 17.6 Å². The van der Waals surface area contributed by atoms with E-state index >= 15 is 0 Å². The third-order valence-corrected chi connectivity index (χ3v) is 3.14. The molecule has 0 saturated heterocycles. The molecule has 0 bridgehead atoms. The SMILES string of the molecule is CCOCCC1CC(C)CCC1N. The lowest BCUT2D eigenvalue weighted by molar-refractivity contribution is 0.113. The van der Waals surface area contributed by atoms with Crippen LogP contribution in [0.25, 0.3) is 0 Å². The van der Waals surface area contributed by atoms with Gasteiger partial charge in [0.15, 0.2) is 0 Å². The Bertz CT molecular complexity index is 138. The summed E-state index contributed by atoms with van der Waals surface area (Å²) < 4.78 is 5.36. The van der Waals surface area contributed by atoms with Gasteiger partial charge in [-0.3, -0.25) is 0 Å². The molecule has 2 N–H and O–H groups in total. The van der Waals surface area contributed by atoms with E-state index in [4.69, 9.17) is 10.5 Å². The standard InChI is InChI=1S/C11H23NO/c1-3-13-7-6-10-8-9(2)4-5-11(10)12/h9-11H,3-8,12H2,1-2H3. The summed E-state index contributed by atoms with van der Waals surface area (Å²) in [5.41, 5.74) is 6.07. The fourth-order valence-electron chi connectivity index (χ4n) is 2.23. The van der Waals surface area contributed by atoms with Crippen LogP contribution < -0.4 is 5.73 Å². The van der Waals surface area contributed by atoms with E-state index in [0.29, 0.717) is 12.0 Å². The van der Waals surface area contributed by atoms with Crippen molar-refractivity contribution in [2.45, 2.75) is 45.6 Å². The summed E-state index contributed by atoms with van der Waals surface area (Å²) in [6, 6.07) is 0.427. The highest BCUT2D eigenvalue weighted by Crippen LogP contribution is 2.29. The van der Waals surface area contributed by atoms with Crippen molar-refractivity contribution in [2.75, 3.05) is 13.2 Å². The minimum Gasteiger partial charge on any atom is -0.382 e. The molecular weight excluding hydrogens is 162 g/mol. The first-order chi connectivity index (χ1) is 6.24. The van der Waals surface area contributed by atoms with Crippen LogP contribution in [-0.4, -0.2) is 19.3 Å². The van der Waals surface area contributed by atoms with Crippen LogP contribution >= 0.6 is 0 Å². The molecule has 3 atom stereocenters. The molecule has 2 nitrogen and oxygen atoms in total. The number of hydrogen-bond donors (Lipinski definition) is 1. The Kier molecular flexibility index (Phi) is 4.74. The summed E-state index contributed by atoms with van der Waals surface area (Å²) in [6.07, 6.45) is 4.97. The third-order valence-electron chi connectivity index (χ3n) is 3.14. The van der Waals surface area contributed by atoms with Gasteiger partial charge in [-0.15, -0.1) is 0 Å². The minimum atomic E-state index is 0.427. The highest BCUT2D eigenvalue weighted by Gasteiger charge is 2.25. The van der Waals surface area contributed by atoms with Gasteiger partial charge in [0, 0.05) is 19.3 Å². The van der Waals surface area contributed by atoms with E-state index in [0.717, 1.165) is 25.6 Å². The maximum Gasteiger partial charge on any atom is 0.0469 e. The summed E-state index contributed by atoms with van der Waals surface area (Å²) in [6.45, 7) is 6.10. The second kappa shape index (κ2) is 5.61. The summed E-state index contributed by atoms with van der Waals surface area (Å²) in [5.74, 6) is 1.57. The number of nitrogens with two attached hydrogens (primary N) is 1. The first-order valence-electron chi connectivity index (χ1n) is 5.57. The van der Waals surface area contributed by atoms with Gasteiger partial charge in [-0.1, -0.05) is 6.92 Å². The Balaban J connectivity index is 2.21. The lowest BCUT2D eigenvalue weighted by atomic mass is 9.78. The molecule has 0 aromatic heterocycles. The summed E-state index contributed by atoms with van der Waals surface area (Å²) in [4.78, 5) is 0. The molecule has 1 fully saturated rings. The number of rotatable bonds is 4. The van der Waals surface area contributed by atoms with Crippen LogP contribution in [0.4, 0.5) is 0 Å². The maximum atomic E-state index is 6.07. The Morgan fingerprint density at radius 2 is 2.15 bits per heavy atom. The van der Waals surface area contributed by atoms with Gasteiger partial charge in [0.05, 0.1) is 0 Å². The van der Waals surface area contributed by atoms with Gasteiger partial charge in [-0.05, 0) is 44.4 Å². The van der Waals surface area contributed by atoms with Gasteiger partial charge >= 0.3 is 0 Å². The zero-order valence-corrected chi connectivity index (χ0v) is 8.96. The molecular formula is C11H23NO. The molecule has 0 aliphatic heterocycles. The molecule has 0 spiro atoms. The second-order valence-electron chi connectivity index (χ2n) is 4.33. The molecule has 78 valence electrons. The molecule has 1 aliphatic rings. The highest BCUT2D eigenvalue weighted by molar-refractivity contribution is 4.80. The van der Waals surface area contributed by atoms with E-state index in [1.165, 1.54) is 19.3 Å². The molecule has 3 unspecified atom stereocenters. The van der Waals surface area contributed by atoms with Crippen LogP contribution in [0, 0.1) is 11.8 Å². The average Bonchev–Trinajstić information content (AvgIpc) is 2.11. The quantitative estimate of drug-likeness (QED) is 0.681.